The second-order valence-corrected chi connectivity index (χ2v) is 7.66. The molecule has 0 aliphatic heterocycles. The number of rotatable bonds is 6. The number of carbonyl (C=O) groups is 1. The van der Waals surface area contributed by atoms with E-state index in [1.54, 1.807) is 0 Å². The Labute approximate surface area is 160 Å². The van der Waals surface area contributed by atoms with E-state index in [1.165, 1.54) is 6.92 Å². The van der Waals surface area contributed by atoms with Crippen molar-refractivity contribution < 1.29 is 40.6 Å². The zero-order chi connectivity index (χ0) is 21.5. The Kier molecular flexibility index (Phi) is 5.17. The second kappa shape index (κ2) is 7.31. The minimum absolute atomic E-state index is 0.0340. The summed E-state index contributed by atoms with van der Waals surface area (Å²) in [6.45, 7) is -2.02. The molecule has 8 nitrogen and oxygen atoms in total. The smallest absolute Gasteiger partial charge is 0.388 e. The van der Waals surface area contributed by atoms with Crippen molar-refractivity contribution in [1.82, 2.24) is 15.2 Å². The Morgan fingerprint density at radius 2 is 1.93 bits per heavy atom. The van der Waals surface area contributed by atoms with Crippen LogP contribution in [0.5, 0.6) is 5.88 Å². The van der Waals surface area contributed by atoms with Gasteiger partial charge in [-0.2, -0.15) is 17.6 Å². The van der Waals surface area contributed by atoms with Gasteiger partial charge < -0.3 is 9.84 Å². The summed E-state index contributed by atoms with van der Waals surface area (Å²) < 4.78 is 78.9. The number of aromatic nitrogens is 3. The number of ether oxygens (including phenoxy) is 1. The molecule has 0 amide bonds. The summed E-state index contributed by atoms with van der Waals surface area (Å²) in [6, 6.07) is 3.09. The van der Waals surface area contributed by atoms with Gasteiger partial charge in [0.1, 0.15) is 0 Å². The number of fused-ring (bicyclic) bond motifs is 1. The molecule has 0 unspecified atom stereocenters. The van der Waals surface area contributed by atoms with Gasteiger partial charge >= 0.3 is 18.3 Å². The highest BCUT2D eigenvalue weighted by atomic mass is 32.2. The highest BCUT2D eigenvalue weighted by Crippen LogP contribution is 2.37. The van der Waals surface area contributed by atoms with Gasteiger partial charge in [0, 0.05) is 5.56 Å². The molecular weight excluding hydrogens is 422 g/mol. The zero-order valence-electron chi connectivity index (χ0n) is 14.4. The van der Waals surface area contributed by atoms with Gasteiger partial charge in [-0.3, -0.25) is 5.10 Å². The molecular formula is C16H11F4N3O5S. The quantitative estimate of drug-likeness (QED) is 0.572. The molecule has 0 fully saturated rings. The van der Waals surface area contributed by atoms with E-state index in [9.17, 15) is 35.9 Å². The first kappa shape index (κ1) is 20.5. The van der Waals surface area contributed by atoms with E-state index in [1.807, 2.05) is 0 Å². The maximum atomic E-state index is 12.8. The maximum absolute atomic E-state index is 12.8. The summed E-state index contributed by atoms with van der Waals surface area (Å²) in [5.74, 6) is -5.75. The minimum Gasteiger partial charge on any atom is -0.476 e. The van der Waals surface area contributed by atoms with Gasteiger partial charge in [0.25, 0.3) is 0 Å². The van der Waals surface area contributed by atoms with Crippen LogP contribution in [0.15, 0.2) is 29.3 Å². The third-order valence-corrected chi connectivity index (χ3v) is 5.52. The van der Waals surface area contributed by atoms with Gasteiger partial charge in [0.2, 0.25) is 15.7 Å². The van der Waals surface area contributed by atoms with Gasteiger partial charge in [0.05, 0.1) is 22.0 Å². The van der Waals surface area contributed by atoms with Crippen molar-refractivity contribution >= 4 is 26.7 Å². The van der Waals surface area contributed by atoms with Crippen LogP contribution in [0.25, 0.3) is 22.0 Å². The molecule has 154 valence electrons. The normalized spacial score (nSPS) is 12.1. The number of benzene rings is 1. The van der Waals surface area contributed by atoms with E-state index in [0.29, 0.717) is 0 Å². The van der Waals surface area contributed by atoms with Gasteiger partial charge in [-0.15, -0.1) is 5.10 Å². The molecule has 1 aromatic carbocycles. The topological polar surface area (TPSA) is 122 Å². The molecule has 0 spiro atoms. The van der Waals surface area contributed by atoms with Gasteiger partial charge in [-0.05, 0) is 24.1 Å². The number of carboxylic acids is 1. The maximum Gasteiger partial charge on any atom is 0.388 e. The van der Waals surface area contributed by atoms with Crippen molar-refractivity contribution in [3.8, 4) is 17.0 Å². The van der Waals surface area contributed by atoms with E-state index >= 15 is 0 Å². The highest BCUT2D eigenvalue weighted by Gasteiger charge is 2.29. The number of hydrogen-bond acceptors (Lipinski definition) is 6. The summed E-state index contributed by atoms with van der Waals surface area (Å²) in [4.78, 5) is 14.7. The second-order valence-electron chi connectivity index (χ2n) is 5.77. The van der Waals surface area contributed by atoms with Crippen molar-refractivity contribution in [1.29, 1.82) is 0 Å². The first-order valence-corrected chi connectivity index (χ1v) is 9.27. The third-order valence-electron chi connectivity index (χ3n) is 3.98. The molecule has 2 aromatic heterocycles. The molecule has 3 rings (SSSR count). The Morgan fingerprint density at radius 3 is 2.48 bits per heavy atom. The van der Waals surface area contributed by atoms with Crippen LogP contribution in [-0.4, -0.2) is 47.0 Å². The largest absolute Gasteiger partial charge is 0.476 e. The van der Waals surface area contributed by atoms with E-state index in [4.69, 9.17) is 0 Å². The van der Waals surface area contributed by atoms with Crippen molar-refractivity contribution in [2.75, 3.05) is 0 Å². The lowest BCUT2D eigenvalue weighted by molar-refractivity contribution is -0.0518. The van der Waals surface area contributed by atoms with Gasteiger partial charge in [-0.1, -0.05) is 12.1 Å². The number of aromatic carboxylic acids is 1. The van der Waals surface area contributed by atoms with Crippen LogP contribution in [0.1, 0.15) is 16.1 Å². The van der Waals surface area contributed by atoms with Crippen LogP contribution in [0.4, 0.5) is 17.6 Å². The lowest BCUT2D eigenvalue weighted by atomic mass is 9.98. The van der Waals surface area contributed by atoms with Gasteiger partial charge in [0.15, 0.2) is 5.69 Å². The molecule has 0 saturated heterocycles. The predicted octanol–water partition coefficient (Wildman–Crippen LogP) is 3.23. The van der Waals surface area contributed by atoms with Crippen LogP contribution in [0.2, 0.25) is 0 Å². The Hall–Kier alpha value is -3.22. The third kappa shape index (κ3) is 3.60. The number of hydrogen-bond donors (Lipinski definition) is 2. The van der Waals surface area contributed by atoms with E-state index in [-0.39, 0.29) is 27.6 Å². The van der Waals surface area contributed by atoms with Crippen molar-refractivity contribution in [2.24, 2.45) is 0 Å². The number of aryl methyl sites for hydroxylation is 1. The summed E-state index contributed by atoms with van der Waals surface area (Å²) in [5, 5.41) is 15.3. The molecule has 29 heavy (non-hydrogen) atoms. The fourth-order valence-electron chi connectivity index (χ4n) is 2.82. The molecule has 3 aromatic rings. The van der Waals surface area contributed by atoms with E-state index in [0.717, 1.165) is 24.4 Å². The number of pyridine rings is 1. The fourth-order valence-corrected chi connectivity index (χ4v) is 3.78. The Morgan fingerprint density at radius 1 is 1.24 bits per heavy atom. The minimum atomic E-state index is -4.90. The number of nitrogens with one attached hydrogen (secondary N) is 1. The van der Waals surface area contributed by atoms with Crippen LogP contribution in [0, 0.1) is 6.92 Å². The van der Waals surface area contributed by atoms with Gasteiger partial charge in [-0.25, -0.2) is 18.2 Å². The zero-order valence-corrected chi connectivity index (χ0v) is 15.2. The number of nitrogens with zero attached hydrogens (tertiary/aromatic N) is 2. The molecule has 0 atom stereocenters. The Bertz CT molecular complexity index is 1210. The molecule has 0 aliphatic carbocycles. The lowest BCUT2D eigenvalue weighted by Gasteiger charge is -2.12. The van der Waals surface area contributed by atoms with E-state index < -0.39 is 44.6 Å². The van der Waals surface area contributed by atoms with Crippen LogP contribution < -0.4 is 4.74 Å². The standard InChI is InChI=1S/C16H11F4N3O5S/c1-6-4-7(2-3-9(6)29(26,27)16(19)20)10-11-8(5-21-12(10)14(24)25)22-23-13(11)28-15(17)18/h2-5,15-16H,1H3,(H,22,23)(H,24,25). The molecule has 0 saturated carbocycles. The highest BCUT2D eigenvalue weighted by molar-refractivity contribution is 7.91. The van der Waals surface area contributed by atoms with Crippen molar-refractivity contribution in [2.45, 2.75) is 24.2 Å². The molecule has 13 heteroatoms. The first-order chi connectivity index (χ1) is 13.5. The van der Waals surface area contributed by atoms with Crippen LogP contribution in [-0.2, 0) is 9.84 Å². The first-order valence-electron chi connectivity index (χ1n) is 7.72. The molecule has 0 aliphatic rings. The summed E-state index contributed by atoms with van der Waals surface area (Å²) in [6.07, 6.45) is 1.05. The molecule has 2 heterocycles. The summed E-state index contributed by atoms with van der Waals surface area (Å²) >= 11 is 0. The summed E-state index contributed by atoms with van der Waals surface area (Å²) in [5.41, 5.74) is -0.740. The monoisotopic (exact) mass is 433 g/mol. The average molecular weight is 433 g/mol. The lowest BCUT2D eigenvalue weighted by Crippen LogP contribution is -2.13. The van der Waals surface area contributed by atoms with Crippen molar-refractivity contribution in [3.63, 3.8) is 0 Å². The fraction of sp³-hybridized carbons (Fsp3) is 0.188. The number of H-pyrrole nitrogens is 1. The molecule has 2 N–H and O–H groups in total. The SMILES string of the molecule is Cc1cc(-c2c(C(=O)O)ncc3[nH]nc(OC(F)F)c23)ccc1S(=O)(=O)C(F)F. The van der Waals surface area contributed by atoms with E-state index in [2.05, 4.69) is 19.9 Å². The Balaban J connectivity index is 2.31. The molecule has 0 bridgehead atoms. The number of carboxylic acid groups (broad SMARTS) is 1. The van der Waals surface area contributed by atoms with Crippen LogP contribution >= 0.6 is 0 Å². The number of alkyl halides is 4. The summed E-state index contributed by atoms with van der Waals surface area (Å²) in [7, 11) is -4.90. The predicted molar refractivity (Wildman–Crippen MR) is 90.8 cm³/mol. The number of halogens is 4. The average Bonchev–Trinajstić information content (AvgIpc) is 3.02. The molecule has 0 radical (unpaired) electrons. The number of sulfone groups is 1. The van der Waals surface area contributed by atoms with Crippen molar-refractivity contribution in [3.05, 3.63) is 35.7 Å². The van der Waals surface area contributed by atoms with Crippen LogP contribution in [0.3, 0.4) is 0 Å². The number of aromatic amines is 1.